The van der Waals surface area contributed by atoms with Crippen molar-refractivity contribution in [2.75, 3.05) is 19.6 Å². The zero-order valence-corrected chi connectivity index (χ0v) is 19.6. The van der Waals surface area contributed by atoms with Crippen LogP contribution in [0, 0.1) is 25.7 Å². The second kappa shape index (κ2) is 12.3. The Labute approximate surface area is 191 Å². The number of piperidine rings is 1. The standard InChI is InChI=1S/C22H32N4O2.2ClH/c1-15(21(23)19-7-5-4-6-8-19)22(27)24-13-18-9-11-26(12-10-18)14-20-25-16(2)17(3)28-20;;/h4-8,15,18,21H,9-14,23H2,1-3H3,(H,24,27);2*1H. The minimum atomic E-state index is -0.282. The molecular formula is C22H34Cl2N4O2. The number of halogens is 2. The van der Waals surface area contributed by atoms with Gasteiger partial charge < -0.3 is 15.5 Å². The van der Waals surface area contributed by atoms with Gasteiger partial charge in [0.2, 0.25) is 11.8 Å². The molecule has 1 saturated heterocycles. The summed E-state index contributed by atoms with van der Waals surface area (Å²) in [6.45, 7) is 9.30. The minimum Gasteiger partial charge on any atom is -0.444 e. The molecule has 1 fully saturated rings. The maximum atomic E-state index is 12.5. The molecule has 3 N–H and O–H groups in total. The van der Waals surface area contributed by atoms with Crippen LogP contribution in [-0.2, 0) is 11.3 Å². The number of hydrogen-bond donors (Lipinski definition) is 2. The third-order valence-corrected chi connectivity index (χ3v) is 5.84. The summed E-state index contributed by atoms with van der Waals surface area (Å²) < 4.78 is 5.69. The van der Waals surface area contributed by atoms with E-state index in [1.54, 1.807) is 0 Å². The van der Waals surface area contributed by atoms with Crippen molar-refractivity contribution >= 4 is 30.7 Å². The number of rotatable bonds is 7. The third kappa shape index (κ3) is 6.98. The quantitative estimate of drug-likeness (QED) is 0.661. The van der Waals surface area contributed by atoms with Crippen LogP contribution in [0.15, 0.2) is 34.7 Å². The van der Waals surface area contributed by atoms with E-state index in [-0.39, 0.29) is 42.7 Å². The summed E-state index contributed by atoms with van der Waals surface area (Å²) in [6.07, 6.45) is 2.14. The number of oxazole rings is 1. The largest absolute Gasteiger partial charge is 0.444 e. The molecule has 1 aromatic carbocycles. The number of carbonyl (C=O) groups excluding carboxylic acids is 1. The Kier molecular flexibility index (Phi) is 10.8. The van der Waals surface area contributed by atoms with Crippen molar-refractivity contribution in [3.8, 4) is 0 Å². The average molecular weight is 457 g/mol. The van der Waals surface area contributed by atoms with Gasteiger partial charge in [0.15, 0.2) is 0 Å². The Bertz CT molecular complexity index is 757. The molecule has 0 spiro atoms. The van der Waals surface area contributed by atoms with E-state index in [4.69, 9.17) is 10.2 Å². The number of nitrogens with one attached hydrogen (secondary N) is 1. The highest BCUT2D eigenvalue weighted by Crippen LogP contribution is 2.21. The van der Waals surface area contributed by atoms with Gasteiger partial charge >= 0.3 is 0 Å². The van der Waals surface area contributed by atoms with Crippen molar-refractivity contribution in [2.24, 2.45) is 17.6 Å². The Hall–Kier alpha value is -1.60. The maximum absolute atomic E-state index is 12.5. The highest BCUT2D eigenvalue weighted by molar-refractivity contribution is 5.85. The SMILES string of the molecule is Cc1nc(CN2CCC(CNC(=O)C(C)C(N)c3ccccc3)CC2)oc1C.Cl.Cl. The Balaban J connectivity index is 0.00000225. The van der Waals surface area contributed by atoms with E-state index in [1.807, 2.05) is 51.1 Å². The number of aromatic nitrogens is 1. The van der Waals surface area contributed by atoms with E-state index in [0.717, 1.165) is 61.9 Å². The fourth-order valence-corrected chi connectivity index (χ4v) is 3.68. The molecule has 2 unspecified atom stereocenters. The van der Waals surface area contributed by atoms with E-state index in [0.29, 0.717) is 5.92 Å². The summed E-state index contributed by atoms with van der Waals surface area (Å²) in [5.74, 6) is 1.98. The lowest BCUT2D eigenvalue weighted by molar-refractivity contribution is -0.125. The van der Waals surface area contributed by atoms with E-state index in [1.165, 1.54) is 0 Å². The van der Waals surface area contributed by atoms with Gasteiger partial charge in [0, 0.05) is 12.6 Å². The van der Waals surface area contributed by atoms with Gasteiger partial charge in [0.1, 0.15) is 5.76 Å². The van der Waals surface area contributed by atoms with Crippen LogP contribution in [0.1, 0.15) is 48.7 Å². The number of likely N-dealkylation sites (tertiary alicyclic amines) is 1. The number of hydrogen-bond acceptors (Lipinski definition) is 5. The van der Waals surface area contributed by atoms with E-state index >= 15 is 0 Å². The van der Waals surface area contributed by atoms with Gasteiger partial charge in [-0.2, -0.15) is 0 Å². The number of aryl methyl sites for hydroxylation is 2. The first-order valence-electron chi connectivity index (χ1n) is 10.2. The molecule has 8 heteroatoms. The average Bonchev–Trinajstić information content (AvgIpc) is 3.03. The predicted octanol–water partition coefficient (Wildman–Crippen LogP) is 3.80. The Morgan fingerprint density at radius 1 is 1.23 bits per heavy atom. The zero-order valence-electron chi connectivity index (χ0n) is 18.0. The first kappa shape index (κ1) is 26.4. The molecule has 1 aliphatic rings. The fraction of sp³-hybridized carbons (Fsp3) is 0.545. The maximum Gasteiger partial charge on any atom is 0.224 e. The van der Waals surface area contributed by atoms with Gasteiger partial charge in [-0.25, -0.2) is 4.98 Å². The molecule has 0 aliphatic carbocycles. The minimum absolute atomic E-state index is 0. The first-order chi connectivity index (χ1) is 13.4. The summed E-state index contributed by atoms with van der Waals surface area (Å²) in [4.78, 5) is 19.4. The third-order valence-electron chi connectivity index (χ3n) is 5.84. The molecule has 1 amide bonds. The lowest BCUT2D eigenvalue weighted by atomic mass is 9.93. The van der Waals surface area contributed by atoms with Crippen molar-refractivity contribution < 1.29 is 9.21 Å². The summed E-state index contributed by atoms with van der Waals surface area (Å²) in [7, 11) is 0. The zero-order chi connectivity index (χ0) is 20.1. The van der Waals surface area contributed by atoms with Gasteiger partial charge in [-0.05, 0) is 51.3 Å². The number of amides is 1. The Morgan fingerprint density at radius 3 is 2.43 bits per heavy atom. The van der Waals surface area contributed by atoms with Crippen LogP contribution >= 0.6 is 24.8 Å². The number of benzene rings is 1. The molecule has 168 valence electrons. The summed E-state index contributed by atoms with van der Waals surface area (Å²) in [5, 5.41) is 3.11. The van der Waals surface area contributed by atoms with Crippen LogP contribution in [0.5, 0.6) is 0 Å². The molecule has 2 aromatic rings. The van der Waals surface area contributed by atoms with Crippen LogP contribution < -0.4 is 11.1 Å². The molecule has 1 aromatic heterocycles. The number of nitrogens with zero attached hydrogens (tertiary/aromatic N) is 2. The summed E-state index contributed by atoms with van der Waals surface area (Å²) in [6, 6.07) is 9.53. The second-order valence-electron chi connectivity index (χ2n) is 7.94. The van der Waals surface area contributed by atoms with Crippen LogP contribution in [0.25, 0.3) is 0 Å². The first-order valence-corrected chi connectivity index (χ1v) is 10.2. The lowest BCUT2D eigenvalue weighted by Gasteiger charge is -2.31. The monoisotopic (exact) mass is 456 g/mol. The summed E-state index contributed by atoms with van der Waals surface area (Å²) >= 11 is 0. The molecule has 30 heavy (non-hydrogen) atoms. The highest BCUT2D eigenvalue weighted by Gasteiger charge is 2.25. The number of carbonyl (C=O) groups is 1. The van der Waals surface area contributed by atoms with Gasteiger partial charge in [-0.15, -0.1) is 24.8 Å². The summed E-state index contributed by atoms with van der Waals surface area (Å²) in [5.41, 5.74) is 8.23. The van der Waals surface area contributed by atoms with Gasteiger partial charge in [-0.3, -0.25) is 9.69 Å². The molecule has 0 saturated carbocycles. The molecule has 6 nitrogen and oxygen atoms in total. The normalized spacial score (nSPS) is 16.8. The van der Waals surface area contributed by atoms with Crippen molar-refractivity contribution in [1.29, 1.82) is 0 Å². The molecule has 2 atom stereocenters. The fourth-order valence-electron chi connectivity index (χ4n) is 3.68. The molecule has 2 heterocycles. The predicted molar refractivity (Wildman–Crippen MR) is 124 cm³/mol. The van der Waals surface area contributed by atoms with Gasteiger partial charge in [0.25, 0.3) is 0 Å². The van der Waals surface area contributed by atoms with Crippen molar-refractivity contribution in [2.45, 2.75) is 46.2 Å². The van der Waals surface area contributed by atoms with Crippen LogP contribution in [-0.4, -0.2) is 35.4 Å². The number of nitrogens with two attached hydrogens (primary N) is 1. The van der Waals surface area contributed by atoms with E-state index < -0.39 is 0 Å². The lowest BCUT2D eigenvalue weighted by Crippen LogP contribution is -2.41. The smallest absolute Gasteiger partial charge is 0.224 e. The van der Waals surface area contributed by atoms with Crippen molar-refractivity contribution in [3.05, 3.63) is 53.2 Å². The molecule has 3 rings (SSSR count). The molecule has 1 aliphatic heterocycles. The topological polar surface area (TPSA) is 84.4 Å². The second-order valence-corrected chi connectivity index (χ2v) is 7.94. The van der Waals surface area contributed by atoms with E-state index in [9.17, 15) is 4.79 Å². The van der Waals surface area contributed by atoms with Crippen LogP contribution in [0.2, 0.25) is 0 Å². The molecular weight excluding hydrogens is 423 g/mol. The van der Waals surface area contributed by atoms with Gasteiger partial charge in [-0.1, -0.05) is 37.3 Å². The Morgan fingerprint density at radius 2 is 1.87 bits per heavy atom. The van der Waals surface area contributed by atoms with Crippen molar-refractivity contribution in [3.63, 3.8) is 0 Å². The van der Waals surface area contributed by atoms with E-state index in [2.05, 4.69) is 15.2 Å². The van der Waals surface area contributed by atoms with Crippen LogP contribution in [0.3, 0.4) is 0 Å². The van der Waals surface area contributed by atoms with Crippen molar-refractivity contribution in [1.82, 2.24) is 15.2 Å². The van der Waals surface area contributed by atoms with Crippen LogP contribution in [0.4, 0.5) is 0 Å². The molecule has 0 bridgehead atoms. The van der Waals surface area contributed by atoms with Gasteiger partial charge in [0.05, 0.1) is 18.2 Å². The highest BCUT2D eigenvalue weighted by atomic mass is 35.5. The molecule has 0 radical (unpaired) electrons.